The van der Waals surface area contributed by atoms with E-state index in [2.05, 4.69) is 9.98 Å². The SMILES string of the molecule is O=[N+]([O-])C[C@@H]1C=NC([C@@H]2C=CCC[C@H]2F)=c2cc(Cl)ccc2=N1. The quantitative estimate of drug-likeness (QED) is 0.482. The number of fused-ring (bicyclic) bond motifs is 1. The van der Waals surface area contributed by atoms with Gasteiger partial charge in [-0.1, -0.05) is 23.8 Å². The topological polar surface area (TPSA) is 67.9 Å². The van der Waals surface area contributed by atoms with Crippen molar-refractivity contribution in [1.82, 2.24) is 0 Å². The second-order valence-corrected chi connectivity index (χ2v) is 6.02. The minimum atomic E-state index is -1.04. The van der Waals surface area contributed by atoms with Gasteiger partial charge in [0.25, 0.3) is 0 Å². The first-order valence-corrected chi connectivity index (χ1v) is 7.76. The van der Waals surface area contributed by atoms with Gasteiger partial charge in [-0.15, -0.1) is 0 Å². The fraction of sp³-hybridized carbons (Fsp3) is 0.375. The summed E-state index contributed by atoms with van der Waals surface area (Å²) in [5, 5.41) is 12.5. The third-order valence-electron chi connectivity index (χ3n) is 3.92. The Labute approximate surface area is 137 Å². The van der Waals surface area contributed by atoms with Crippen molar-refractivity contribution in [3.63, 3.8) is 0 Å². The maximum Gasteiger partial charge on any atom is 0.231 e. The summed E-state index contributed by atoms with van der Waals surface area (Å²) in [6.45, 7) is -0.349. The molecule has 0 radical (unpaired) electrons. The summed E-state index contributed by atoms with van der Waals surface area (Å²) in [7, 11) is 0. The normalized spacial score (nSPS) is 26.3. The number of halogens is 2. The molecule has 5 nitrogen and oxygen atoms in total. The van der Waals surface area contributed by atoms with Gasteiger partial charge in [0, 0.05) is 21.4 Å². The fourth-order valence-electron chi connectivity index (χ4n) is 2.84. The van der Waals surface area contributed by atoms with E-state index in [0.717, 1.165) is 0 Å². The van der Waals surface area contributed by atoms with Gasteiger partial charge < -0.3 is 0 Å². The molecular formula is C16H15ClFN3O2. The highest BCUT2D eigenvalue weighted by Crippen LogP contribution is 2.28. The van der Waals surface area contributed by atoms with Gasteiger partial charge in [0.15, 0.2) is 0 Å². The van der Waals surface area contributed by atoms with Gasteiger partial charge in [-0.05, 0) is 31.0 Å². The molecule has 0 fully saturated rings. The summed E-state index contributed by atoms with van der Waals surface area (Å²) in [6.07, 6.45) is 5.27. The Balaban J connectivity index is 2.17. The first-order chi connectivity index (χ1) is 11.0. The van der Waals surface area contributed by atoms with Crippen molar-refractivity contribution in [2.45, 2.75) is 25.1 Å². The molecule has 1 aliphatic heterocycles. The smallest absolute Gasteiger partial charge is 0.231 e. The van der Waals surface area contributed by atoms with Crippen molar-refractivity contribution >= 4 is 23.5 Å². The highest BCUT2D eigenvalue weighted by Gasteiger charge is 2.26. The van der Waals surface area contributed by atoms with Crippen LogP contribution in [0.4, 0.5) is 4.39 Å². The van der Waals surface area contributed by atoms with Crippen LogP contribution in [0.3, 0.4) is 0 Å². The Morgan fingerprint density at radius 3 is 3.00 bits per heavy atom. The molecule has 0 aromatic heterocycles. The molecule has 0 N–H and O–H groups in total. The third-order valence-corrected chi connectivity index (χ3v) is 4.15. The number of aliphatic imine (C=N–C) groups is 1. The number of nitro groups is 1. The summed E-state index contributed by atoms with van der Waals surface area (Å²) in [4.78, 5) is 19.1. The molecule has 0 saturated carbocycles. The highest BCUT2D eigenvalue weighted by molar-refractivity contribution is 6.30. The van der Waals surface area contributed by atoms with Crippen LogP contribution in [0.1, 0.15) is 12.8 Å². The molecule has 3 rings (SSSR count). The first kappa shape index (κ1) is 15.8. The van der Waals surface area contributed by atoms with Crippen LogP contribution in [0.15, 0.2) is 40.3 Å². The number of benzene rings is 1. The Morgan fingerprint density at radius 1 is 1.43 bits per heavy atom. The lowest BCUT2D eigenvalue weighted by Crippen LogP contribution is -2.32. The fourth-order valence-corrected chi connectivity index (χ4v) is 3.01. The summed E-state index contributed by atoms with van der Waals surface area (Å²) >= 11 is 6.06. The van der Waals surface area contributed by atoms with Crippen LogP contribution < -0.4 is 10.6 Å². The van der Waals surface area contributed by atoms with E-state index in [1.54, 1.807) is 24.3 Å². The Bertz CT molecular complexity index is 806. The van der Waals surface area contributed by atoms with E-state index in [-0.39, 0.29) is 6.54 Å². The summed E-state index contributed by atoms with van der Waals surface area (Å²) < 4.78 is 14.3. The molecule has 0 spiro atoms. The summed E-state index contributed by atoms with van der Waals surface area (Å²) in [6, 6.07) is 4.38. The molecule has 0 unspecified atom stereocenters. The van der Waals surface area contributed by atoms with Crippen molar-refractivity contribution < 1.29 is 9.31 Å². The molecule has 23 heavy (non-hydrogen) atoms. The van der Waals surface area contributed by atoms with Crippen LogP contribution >= 0.6 is 11.6 Å². The molecule has 3 atom stereocenters. The first-order valence-electron chi connectivity index (χ1n) is 7.39. The molecule has 120 valence electrons. The average molecular weight is 336 g/mol. The van der Waals surface area contributed by atoms with Gasteiger partial charge in [0.05, 0.1) is 17.0 Å². The molecule has 0 amide bonds. The van der Waals surface area contributed by atoms with Crippen molar-refractivity contribution in [2.75, 3.05) is 6.54 Å². The van der Waals surface area contributed by atoms with E-state index >= 15 is 0 Å². The minimum absolute atomic E-state index is 0.349. The third kappa shape index (κ3) is 3.47. The second kappa shape index (κ2) is 6.58. The van der Waals surface area contributed by atoms with Gasteiger partial charge in [-0.2, -0.15) is 0 Å². The van der Waals surface area contributed by atoms with Gasteiger partial charge in [-0.25, -0.2) is 4.39 Å². The van der Waals surface area contributed by atoms with E-state index in [1.165, 1.54) is 6.21 Å². The largest absolute Gasteiger partial charge is 0.269 e. The lowest BCUT2D eigenvalue weighted by Gasteiger charge is -2.21. The van der Waals surface area contributed by atoms with E-state index in [4.69, 9.17) is 11.6 Å². The van der Waals surface area contributed by atoms with E-state index in [0.29, 0.717) is 34.1 Å². The number of allylic oxidation sites excluding steroid dienone is 1. The Hall–Kier alpha value is -2.08. The van der Waals surface area contributed by atoms with E-state index < -0.39 is 23.1 Å². The zero-order chi connectivity index (χ0) is 16.4. The number of nitrogens with zero attached hydrogens (tertiary/aromatic N) is 3. The van der Waals surface area contributed by atoms with Gasteiger partial charge in [0.2, 0.25) is 6.54 Å². The van der Waals surface area contributed by atoms with Crippen LogP contribution in [-0.2, 0) is 0 Å². The lowest BCUT2D eigenvalue weighted by atomic mass is 9.90. The standard InChI is InChI=1S/C16H15ClFN3O2/c17-10-5-6-15-13(7-10)16(12-3-1-2-4-14(12)18)19-8-11(20-15)9-21(22)23/h1,3,5-8,11-12,14H,2,4,9H2/t11-,12+,14+/m0/s1. The Morgan fingerprint density at radius 2 is 2.26 bits per heavy atom. The van der Waals surface area contributed by atoms with Gasteiger partial charge in [0.1, 0.15) is 12.2 Å². The van der Waals surface area contributed by atoms with Gasteiger partial charge >= 0.3 is 0 Å². The summed E-state index contributed by atoms with van der Waals surface area (Å²) in [5.74, 6) is -0.484. The molecule has 1 aromatic carbocycles. The van der Waals surface area contributed by atoms with Crippen molar-refractivity contribution in [2.24, 2.45) is 15.9 Å². The highest BCUT2D eigenvalue weighted by atomic mass is 35.5. The summed E-state index contributed by atoms with van der Waals surface area (Å²) in [5.41, 5.74) is 0.528. The average Bonchev–Trinajstić information content (AvgIpc) is 2.66. The molecule has 2 aliphatic rings. The monoisotopic (exact) mass is 335 g/mol. The van der Waals surface area contributed by atoms with Crippen molar-refractivity contribution in [3.8, 4) is 0 Å². The molecule has 7 heteroatoms. The second-order valence-electron chi connectivity index (χ2n) is 5.58. The maximum atomic E-state index is 14.3. The van der Waals surface area contributed by atoms with Crippen LogP contribution in [-0.4, -0.2) is 29.9 Å². The molecule has 0 bridgehead atoms. The van der Waals surface area contributed by atoms with E-state index in [1.807, 2.05) is 6.08 Å². The number of hydrogen-bond acceptors (Lipinski definition) is 4. The van der Waals surface area contributed by atoms with Crippen LogP contribution in [0.25, 0.3) is 5.70 Å². The van der Waals surface area contributed by atoms with Crippen LogP contribution in [0, 0.1) is 16.0 Å². The van der Waals surface area contributed by atoms with Crippen molar-refractivity contribution in [3.05, 3.63) is 56.1 Å². The van der Waals surface area contributed by atoms with Crippen LogP contribution in [0.5, 0.6) is 0 Å². The van der Waals surface area contributed by atoms with Gasteiger partial charge in [-0.3, -0.25) is 20.1 Å². The molecule has 0 saturated heterocycles. The Kier molecular flexibility index (Phi) is 4.52. The molecular weight excluding hydrogens is 321 g/mol. The molecule has 1 aliphatic carbocycles. The number of alkyl halides is 1. The lowest BCUT2D eigenvalue weighted by molar-refractivity contribution is -0.479. The zero-order valence-corrected chi connectivity index (χ0v) is 13.0. The predicted molar refractivity (Wildman–Crippen MR) is 86.5 cm³/mol. The minimum Gasteiger partial charge on any atom is -0.269 e. The maximum absolute atomic E-state index is 14.3. The zero-order valence-electron chi connectivity index (χ0n) is 12.2. The number of hydrogen-bond donors (Lipinski definition) is 0. The predicted octanol–water partition coefficient (Wildman–Crippen LogP) is 2.10. The number of rotatable bonds is 3. The van der Waals surface area contributed by atoms with E-state index in [9.17, 15) is 14.5 Å². The van der Waals surface area contributed by atoms with Crippen molar-refractivity contribution in [1.29, 1.82) is 0 Å². The molecule has 1 aromatic rings. The van der Waals surface area contributed by atoms with Crippen LogP contribution in [0.2, 0.25) is 5.02 Å². The molecule has 1 heterocycles.